The molecule has 0 bridgehead atoms. The molecule has 6 nitrogen and oxygen atoms in total. The number of rotatable bonds is 3. The number of pyridine rings is 2. The highest BCUT2D eigenvalue weighted by Crippen LogP contribution is 2.14. The van der Waals surface area contributed by atoms with Crippen molar-refractivity contribution < 1.29 is 9.13 Å². The maximum absolute atomic E-state index is 8.23. The molecule has 25 heavy (non-hydrogen) atoms. The molecule has 0 amide bonds. The average molecular weight is 329 g/mol. The smallest absolute Gasteiger partial charge is 0.169 e. The Hall–Kier alpha value is -3.82. The molecule has 2 aromatic rings. The normalized spacial score (nSPS) is 9.88. The zero-order chi connectivity index (χ0) is 18.7. The van der Waals surface area contributed by atoms with Gasteiger partial charge < -0.3 is 16.5 Å². The van der Waals surface area contributed by atoms with E-state index in [1.54, 1.807) is 12.1 Å². The molecule has 1 unspecified atom stereocenters. The van der Waals surface area contributed by atoms with Crippen LogP contribution in [0.2, 0.25) is 0 Å². The van der Waals surface area contributed by atoms with Crippen molar-refractivity contribution in [1.29, 1.82) is 15.9 Å². The van der Waals surface area contributed by atoms with Crippen molar-refractivity contribution in [3.05, 3.63) is 72.1 Å². The third-order valence-corrected chi connectivity index (χ3v) is 3.14. The van der Waals surface area contributed by atoms with Crippen LogP contribution in [0.5, 0.6) is 0 Å². The van der Waals surface area contributed by atoms with Crippen molar-refractivity contribution in [2.75, 3.05) is 0 Å². The molecule has 0 aromatic carbocycles. The van der Waals surface area contributed by atoms with Crippen LogP contribution in [0.15, 0.2) is 60.7 Å². The van der Waals surface area contributed by atoms with E-state index >= 15 is 0 Å². The fourth-order valence-electron chi connectivity index (χ4n) is 1.76. The highest BCUT2D eigenvalue weighted by atomic mass is 14.9. The second-order valence-corrected chi connectivity index (χ2v) is 5.03. The average Bonchev–Trinajstić information content (AvgIpc) is 2.65. The number of hydrogen-bond donors (Lipinski definition) is 1. The third kappa shape index (κ3) is 6.44. The fourth-order valence-corrected chi connectivity index (χ4v) is 1.76. The Kier molecular flexibility index (Phi) is 7.73. The Labute approximate surface area is 147 Å². The molecule has 2 aromatic heterocycles. The summed E-state index contributed by atoms with van der Waals surface area (Å²) in [5, 5.41) is 23.0. The molecule has 2 heterocycles. The van der Waals surface area contributed by atoms with Gasteiger partial charge in [-0.3, -0.25) is 0 Å². The van der Waals surface area contributed by atoms with E-state index in [-0.39, 0.29) is 5.57 Å². The number of nitrogens with zero attached hydrogens (tertiary/aromatic N) is 5. The van der Waals surface area contributed by atoms with Gasteiger partial charge in [-0.1, -0.05) is 0 Å². The van der Waals surface area contributed by atoms with Crippen molar-refractivity contribution in [3.8, 4) is 23.3 Å². The van der Waals surface area contributed by atoms with Gasteiger partial charge in [0.05, 0.1) is 0 Å². The van der Waals surface area contributed by atoms with E-state index in [9.17, 15) is 0 Å². The van der Waals surface area contributed by atoms with E-state index in [1.165, 1.54) is 11.1 Å². The van der Waals surface area contributed by atoms with E-state index in [1.807, 2.05) is 29.4 Å². The van der Waals surface area contributed by atoms with Gasteiger partial charge in [-0.05, 0) is 17.2 Å². The highest BCUT2D eigenvalue weighted by Gasteiger charge is 2.01. The van der Waals surface area contributed by atoms with Crippen molar-refractivity contribution in [2.45, 2.75) is 6.04 Å². The van der Waals surface area contributed by atoms with Gasteiger partial charge in [0.1, 0.15) is 37.8 Å². The lowest BCUT2D eigenvalue weighted by Crippen LogP contribution is -2.26. The highest BCUT2D eigenvalue weighted by molar-refractivity contribution is 5.67. The summed E-state index contributed by atoms with van der Waals surface area (Å²) in [6, 6.07) is 10.7. The lowest BCUT2D eigenvalue weighted by Gasteiger charge is -1.97. The second-order valence-electron chi connectivity index (χ2n) is 5.03. The maximum atomic E-state index is 8.23. The van der Waals surface area contributed by atoms with Crippen LogP contribution < -0.4 is 9.13 Å². The van der Waals surface area contributed by atoms with E-state index < -0.39 is 6.04 Å². The van der Waals surface area contributed by atoms with E-state index in [4.69, 9.17) is 22.5 Å². The van der Waals surface area contributed by atoms with E-state index in [0.29, 0.717) is 0 Å². The summed E-state index contributed by atoms with van der Waals surface area (Å²) in [5.41, 5.74) is 2.35. The number of allylic oxidation sites excluding steroid dienone is 1. The zero-order valence-corrected chi connectivity index (χ0v) is 14.0. The van der Waals surface area contributed by atoms with Crippen molar-refractivity contribution in [1.82, 2.24) is 0 Å². The Morgan fingerprint density at radius 1 is 1.08 bits per heavy atom. The molecule has 0 aliphatic rings. The summed E-state index contributed by atoms with van der Waals surface area (Å²) in [7, 11) is 4.05. The van der Waals surface area contributed by atoms with E-state index in [0.717, 1.165) is 6.08 Å². The molecule has 0 saturated carbocycles. The minimum atomic E-state index is -0.913. The van der Waals surface area contributed by atoms with E-state index in [2.05, 4.69) is 53.9 Å². The first-order valence-corrected chi connectivity index (χ1v) is 7.25. The van der Waals surface area contributed by atoms with Gasteiger partial charge in [-0.15, -0.1) is 0 Å². The number of aryl methyl sites for hydroxylation is 2. The fraction of sp³-hybridized carbons (Fsp3) is 0.158. The summed E-state index contributed by atoms with van der Waals surface area (Å²) in [6.45, 7) is 6.48. The lowest BCUT2D eigenvalue weighted by molar-refractivity contribution is -0.671. The number of nitriles is 2. The molecule has 0 fully saturated rings. The number of hydrogen-bond acceptors (Lipinski definition) is 3. The first-order valence-electron chi connectivity index (χ1n) is 7.25. The Balaban J connectivity index is 0.000000260. The van der Waals surface area contributed by atoms with Crippen LogP contribution >= 0.6 is 0 Å². The van der Waals surface area contributed by atoms with Gasteiger partial charge in [0.25, 0.3) is 0 Å². The van der Waals surface area contributed by atoms with Crippen molar-refractivity contribution >= 4 is 6.21 Å². The lowest BCUT2D eigenvalue weighted by atomic mass is 10.1. The molecule has 0 radical (unpaired) electrons. The van der Waals surface area contributed by atoms with Crippen LogP contribution in [-0.2, 0) is 14.1 Å². The molecule has 0 saturated heterocycles. The Morgan fingerprint density at radius 3 is 1.76 bits per heavy atom. The predicted molar refractivity (Wildman–Crippen MR) is 91.7 cm³/mol. The van der Waals surface area contributed by atoms with Crippen LogP contribution in [0.3, 0.4) is 0 Å². The van der Waals surface area contributed by atoms with Crippen molar-refractivity contribution in [3.63, 3.8) is 0 Å². The van der Waals surface area contributed by atoms with Gasteiger partial charge in [-0.25, -0.2) is 15.7 Å². The van der Waals surface area contributed by atoms with Gasteiger partial charge >= 0.3 is 0 Å². The number of nitrogens with one attached hydrogen (secondary N) is 1. The summed E-state index contributed by atoms with van der Waals surface area (Å²) in [5.74, 6) is 0. The first-order chi connectivity index (χ1) is 12.0. The monoisotopic (exact) mass is 329 g/mol. The number of aromatic nitrogens is 2. The molecule has 1 N–H and O–H groups in total. The molecule has 122 valence electrons. The van der Waals surface area contributed by atoms with Gasteiger partial charge in [-0.2, -0.15) is 10.5 Å². The maximum Gasteiger partial charge on any atom is 0.169 e. The molecule has 0 aliphatic heterocycles. The Bertz CT molecular complexity index is 799. The summed E-state index contributed by atoms with van der Waals surface area (Å²) in [6.07, 6.45) is 11.2. The summed E-state index contributed by atoms with van der Waals surface area (Å²) in [4.78, 5) is 2.92. The molecule has 0 spiro atoms. The zero-order valence-electron chi connectivity index (χ0n) is 14.0. The molecule has 6 heteroatoms. The molecule has 2 rings (SSSR count). The van der Waals surface area contributed by atoms with Gasteiger partial charge in [0.2, 0.25) is 0 Å². The van der Waals surface area contributed by atoms with Crippen LogP contribution in [0.25, 0.3) is 16.0 Å². The second kappa shape index (κ2) is 10.0. The summed E-state index contributed by atoms with van der Waals surface area (Å²) < 4.78 is 4.07. The quantitative estimate of drug-likeness (QED) is 0.403. The van der Waals surface area contributed by atoms with Crippen LogP contribution in [0.1, 0.15) is 0 Å². The van der Waals surface area contributed by atoms with Crippen LogP contribution in [0.4, 0.5) is 0 Å². The van der Waals surface area contributed by atoms with Gasteiger partial charge in [0.15, 0.2) is 24.8 Å². The molecule has 0 aliphatic carbocycles. The topological polar surface area (TPSA) is 83.5 Å². The van der Waals surface area contributed by atoms with Crippen LogP contribution in [-0.4, -0.2) is 12.3 Å². The largest absolute Gasteiger partial charge is 0.511 e. The molecular weight excluding hydrogens is 312 g/mol. The first kappa shape index (κ1) is 19.2. The SMILES string of the molecule is C[n+]1ccc(-c2cc[n+](C)cc2)cc1.[C-]#[N+]C([C-]=N)C=C(C#N)C#N. The molecule has 1 atom stereocenters. The minimum Gasteiger partial charge on any atom is -0.511 e. The van der Waals surface area contributed by atoms with Crippen LogP contribution in [0, 0.1) is 34.6 Å². The standard InChI is InChI=1S/C12H14N2.C7H3N4/c1-13-7-3-11(4-8-13)12-5-9-14(2)10-6-12;1-11-7(5-10)2-6(3-8)4-9/h3-10H,1-2H3;2,7,10H/q+2;-1. The Morgan fingerprint density at radius 2 is 1.48 bits per heavy atom. The predicted octanol–water partition coefficient (Wildman–Crippen LogP) is 1.78. The minimum absolute atomic E-state index is 0.161. The summed E-state index contributed by atoms with van der Waals surface area (Å²) >= 11 is 0. The van der Waals surface area contributed by atoms with Crippen molar-refractivity contribution in [2.24, 2.45) is 14.1 Å². The molecular formula is C19H17N6+. The van der Waals surface area contributed by atoms with Gasteiger partial charge in [0, 0.05) is 24.3 Å². The third-order valence-electron chi connectivity index (χ3n) is 3.14.